The lowest BCUT2D eigenvalue weighted by Crippen LogP contribution is -2.17. The highest BCUT2D eigenvalue weighted by Gasteiger charge is 2.61. The molecule has 2 aromatic rings. The molecule has 128 valence electrons. The van der Waals surface area contributed by atoms with Gasteiger partial charge in [-0.25, -0.2) is 8.78 Å². The maximum Gasteiger partial charge on any atom is 0.436 e. The van der Waals surface area contributed by atoms with Gasteiger partial charge >= 0.3 is 6.18 Å². The van der Waals surface area contributed by atoms with Gasteiger partial charge in [-0.2, -0.15) is 13.2 Å². The van der Waals surface area contributed by atoms with E-state index in [9.17, 15) is 26.7 Å². The molecule has 1 N–H and O–H groups in total. The quantitative estimate of drug-likeness (QED) is 0.845. The van der Waals surface area contributed by atoms with Crippen LogP contribution in [-0.4, -0.2) is 17.0 Å². The van der Waals surface area contributed by atoms with Crippen LogP contribution in [0.3, 0.4) is 0 Å². The molecule has 0 aliphatic heterocycles. The number of carbonyl (C=O) groups excluding carboxylic acids is 1. The lowest BCUT2D eigenvalue weighted by atomic mass is 10.0. The number of nitrogens with zero attached hydrogens (tertiary/aromatic N) is 1. The lowest BCUT2D eigenvalue weighted by Gasteiger charge is -2.08. The number of hydrogen-bond donors (Lipinski definition) is 1. The first kappa shape index (κ1) is 16.4. The molecule has 1 aliphatic rings. The van der Waals surface area contributed by atoms with Gasteiger partial charge in [0.25, 0.3) is 5.92 Å². The van der Waals surface area contributed by atoms with Crippen molar-refractivity contribution in [3.8, 4) is 11.3 Å². The average molecular weight is 346 g/mol. The number of anilines is 1. The number of rotatable bonds is 3. The maximum absolute atomic E-state index is 12.9. The Labute approximate surface area is 132 Å². The zero-order valence-corrected chi connectivity index (χ0v) is 12.2. The Bertz CT molecular complexity index is 797. The molecule has 3 rings (SSSR count). The van der Waals surface area contributed by atoms with Crippen molar-refractivity contribution in [1.82, 2.24) is 5.16 Å². The summed E-state index contributed by atoms with van der Waals surface area (Å²) in [6.45, 7) is 1.63. The van der Waals surface area contributed by atoms with Gasteiger partial charge in [0.2, 0.25) is 5.91 Å². The molecule has 1 saturated carbocycles. The van der Waals surface area contributed by atoms with Gasteiger partial charge in [0.15, 0.2) is 11.5 Å². The Morgan fingerprint density at radius 2 is 2.00 bits per heavy atom. The summed E-state index contributed by atoms with van der Waals surface area (Å²) in [7, 11) is 0. The minimum atomic E-state index is -4.64. The molecular formula is C15H11F5N2O2. The Kier molecular flexibility index (Phi) is 3.61. The maximum atomic E-state index is 12.9. The van der Waals surface area contributed by atoms with E-state index in [-0.39, 0.29) is 17.0 Å². The molecule has 1 heterocycles. The van der Waals surface area contributed by atoms with E-state index < -0.39 is 36.0 Å². The Morgan fingerprint density at radius 1 is 1.33 bits per heavy atom. The van der Waals surface area contributed by atoms with Crippen molar-refractivity contribution >= 4 is 11.6 Å². The zero-order valence-electron chi connectivity index (χ0n) is 12.2. The van der Waals surface area contributed by atoms with Crippen molar-refractivity contribution < 1.29 is 31.3 Å². The first-order chi connectivity index (χ1) is 11.1. The Hall–Kier alpha value is -2.45. The molecule has 4 nitrogen and oxygen atoms in total. The number of halogens is 5. The van der Waals surface area contributed by atoms with Gasteiger partial charge in [-0.3, -0.25) is 4.79 Å². The van der Waals surface area contributed by atoms with E-state index in [4.69, 9.17) is 4.52 Å². The molecule has 1 aromatic carbocycles. The van der Waals surface area contributed by atoms with Crippen LogP contribution in [-0.2, 0) is 11.0 Å². The first-order valence-electron chi connectivity index (χ1n) is 6.91. The van der Waals surface area contributed by atoms with Crippen LogP contribution in [0, 0.1) is 12.8 Å². The van der Waals surface area contributed by atoms with Crippen LogP contribution in [0.1, 0.15) is 17.7 Å². The molecule has 1 aromatic heterocycles. The van der Waals surface area contributed by atoms with Crippen LogP contribution in [0.5, 0.6) is 0 Å². The van der Waals surface area contributed by atoms with E-state index >= 15 is 0 Å². The number of amides is 1. The van der Waals surface area contributed by atoms with Crippen LogP contribution in [0.25, 0.3) is 11.3 Å². The van der Waals surface area contributed by atoms with Crippen molar-refractivity contribution in [3.05, 3.63) is 35.5 Å². The summed E-state index contributed by atoms with van der Waals surface area (Å²) in [6.07, 6.45) is -5.15. The first-order valence-corrected chi connectivity index (χ1v) is 6.91. The summed E-state index contributed by atoms with van der Waals surface area (Å²) >= 11 is 0. The molecule has 0 radical (unpaired) electrons. The molecule has 1 fully saturated rings. The van der Waals surface area contributed by atoms with Gasteiger partial charge in [-0.1, -0.05) is 11.2 Å². The number of aryl methyl sites for hydroxylation is 1. The largest absolute Gasteiger partial charge is 0.436 e. The van der Waals surface area contributed by atoms with Crippen molar-refractivity contribution in [2.75, 3.05) is 5.32 Å². The topological polar surface area (TPSA) is 55.1 Å². The fourth-order valence-corrected chi connectivity index (χ4v) is 2.23. The molecular weight excluding hydrogens is 335 g/mol. The van der Waals surface area contributed by atoms with Crippen LogP contribution in [0.2, 0.25) is 0 Å². The summed E-state index contributed by atoms with van der Waals surface area (Å²) in [5.74, 6) is -5.33. The Morgan fingerprint density at radius 3 is 2.54 bits per heavy atom. The van der Waals surface area contributed by atoms with Gasteiger partial charge < -0.3 is 9.84 Å². The van der Waals surface area contributed by atoms with E-state index in [1.54, 1.807) is 6.92 Å². The van der Waals surface area contributed by atoms with Crippen molar-refractivity contribution in [3.63, 3.8) is 0 Å². The Balaban J connectivity index is 1.84. The number of nitrogens with one attached hydrogen (secondary N) is 1. The molecule has 9 heteroatoms. The van der Waals surface area contributed by atoms with Crippen LogP contribution < -0.4 is 5.32 Å². The minimum absolute atomic E-state index is 0.132. The third-order valence-corrected chi connectivity index (χ3v) is 3.71. The van der Waals surface area contributed by atoms with Crippen molar-refractivity contribution in [2.24, 2.45) is 5.92 Å². The second kappa shape index (κ2) is 5.29. The molecule has 24 heavy (non-hydrogen) atoms. The smallest absolute Gasteiger partial charge is 0.356 e. The second-order valence-corrected chi connectivity index (χ2v) is 5.61. The predicted molar refractivity (Wildman–Crippen MR) is 73.4 cm³/mol. The highest BCUT2D eigenvalue weighted by atomic mass is 19.4. The summed E-state index contributed by atoms with van der Waals surface area (Å²) in [6, 6.07) is 5.10. The highest BCUT2D eigenvalue weighted by molar-refractivity contribution is 5.95. The monoisotopic (exact) mass is 346 g/mol. The van der Waals surface area contributed by atoms with E-state index in [1.807, 2.05) is 0 Å². The molecule has 0 unspecified atom stereocenters. The minimum Gasteiger partial charge on any atom is -0.356 e. The van der Waals surface area contributed by atoms with Gasteiger partial charge in [0.1, 0.15) is 5.92 Å². The molecule has 1 amide bonds. The van der Waals surface area contributed by atoms with Crippen molar-refractivity contribution in [1.29, 1.82) is 0 Å². The molecule has 0 spiro atoms. The average Bonchev–Trinajstić information content (AvgIpc) is 2.90. The van der Waals surface area contributed by atoms with Crippen LogP contribution in [0.15, 0.2) is 28.8 Å². The summed E-state index contributed by atoms with van der Waals surface area (Å²) < 4.78 is 68.2. The number of aromatic nitrogens is 1. The number of alkyl halides is 5. The molecule has 1 aliphatic carbocycles. The third-order valence-electron chi connectivity index (χ3n) is 3.71. The van der Waals surface area contributed by atoms with Gasteiger partial charge in [-0.15, -0.1) is 0 Å². The number of carbonyl (C=O) groups is 1. The highest BCUT2D eigenvalue weighted by Crippen LogP contribution is 2.49. The summed E-state index contributed by atoms with van der Waals surface area (Å²) in [4.78, 5) is 11.7. The fraction of sp³-hybridized carbons (Fsp3) is 0.333. The summed E-state index contributed by atoms with van der Waals surface area (Å²) in [5.41, 5.74) is -0.134. The van der Waals surface area contributed by atoms with Gasteiger partial charge in [0.05, 0.1) is 0 Å². The molecule has 1 atom stereocenters. The molecule has 0 saturated heterocycles. The van der Waals surface area contributed by atoms with Gasteiger partial charge in [0, 0.05) is 23.7 Å². The zero-order chi connectivity index (χ0) is 17.7. The second-order valence-electron chi connectivity index (χ2n) is 5.61. The number of benzene rings is 1. The normalized spacial score (nSPS) is 19.2. The SMILES string of the molecule is Cc1ccc(NC(=O)[C@@H]2CC2(F)F)cc1-c1cc(C(F)(F)F)no1. The van der Waals surface area contributed by atoms with E-state index in [1.165, 1.54) is 18.2 Å². The van der Waals surface area contributed by atoms with Gasteiger partial charge in [-0.05, 0) is 24.6 Å². The number of hydrogen-bond acceptors (Lipinski definition) is 3. The van der Waals surface area contributed by atoms with Crippen molar-refractivity contribution in [2.45, 2.75) is 25.4 Å². The lowest BCUT2D eigenvalue weighted by molar-refractivity contribution is -0.142. The van der Waals surface area contributed by atoms with E-state index in [0.29, 0.717) is 5.56 Å². The fourth-order valence-electron chi connectivity index (χ4n) is 2.23. The van der Waals surface area contributed by atoms with Crippen LogP contribution >= 0.6 is 0 Å². The van der Waals surface area contributed by atoms with E-state index in [2.05, 4.69) is 10.5 Å². The summed E-state index contributed by atoms with van der Waals surface area (Å²) in [5, 5.41) is 5.30. The predicted octanol–water partition coefficient (Wildman–Crippen LogP) is 4.26. The van der Waals surface area contributed by atoms with E-state index in [0.717, 1.165) is 6.07 Å². The van der Waals surface area contributed by atoms with Crippen LogP contribution in [0.4, 0.5) is 27.6 Å². The molecule has 0 bridgehead atoms. The third kappa shape index (κ3) is 3.10. The standard InChI is InChI=1S/C15H11F5N2O2/c1-7-2-3-8(21-13(23)10-6-14(10,16)17)4-9(7)11-5-12(22-24-11)15(18,19)20/h2-5,10H,6H2,1H3,(H,21,23)/t10-/m0/s1.